The minimum atomic E-state index is -0.149. The number of aromatic nitrogens is 1. The highest BCUT2D eigenvalue weighted by atomic mass is 32.1. The van der Waals surface area contributed by atoms with Crippen LogP contribution in [0.25, 0.3) is 0 Å². The van der Waals surface area contributed by atoms with Crippen LogP contribution in [0.15, 0.2) is 33.0 Å². The van der Waals surface area contributed by atoms with Gasteiger partial charge in [-0.3, -0.25) is 19.1 Å². The van der Waals surface area contributed by atoms with Crippen molar-refractivity contribution in [1.82, 2.24) is 14.8 Å². The van der Waals surface area contributed by atoms with Gasteiger partial charge in [-0.25, -0.2) is 0 Å². The maximum atomic E-state index is 12.2. The number of aryl methyl sites for hydroxylation is 1. The number of likely N-dealkylation sites (tertiary alicyclic amines) is 1. The Labute approximate surface area is 138 Å². The van der Waals surface area contributed by atoms with Crippen LogP contribution in [-0.2, 0) is 11.3 Å². The van der Waals surface area contributed by atoms with Gasteiger partial charge in [0.25, 0.3) is 0 Å². The Balaban J connectivity index is 1.62. The molecule has 0 radical (unpaired) electrons. The Kier molecular flexibility index (Phi) is 4.97. The summed E-state index contributed by atoms with van der Waals surface area (Å²) in [5.41, 5.74) is 0.817. The van der Waals surface area contributed by atoms with Crippen LogP contribution >= 0.6 is 11.3 Å². The Bertz CT molecular complexity index is 698. The summed E-state index contributed by atoms with van der Waals surface area (Å²) in [4.78, 5) is 26.1. The first-order valence-electron chi connectivity index (χ1n) is 7.84. The van der Waals surface area contributed by atoms with Crippen molar-refractivity contribution in [2.24, 2.45) is 0 Å². The maximum Gasteiger partial charge on any atom is 0.307 e. The summed E-state index contributed by atoms with van der Waals surface area (Å²) in [7, 11) is 0. The van der Waals surface area contributed by atoms with Gasteiger partial charge in [0, 0.05) is 17.6 Å². The van der Waals surface area contributed by atoms with Crippen LogP contribution in [0.5, 0.6) is 0 Å². The second-order valence-corrected chi connectivity index (χ2v) is 6.63. The molecule has 124 valence electrons. The summed E-state index contributed by atoms with van der Waals surface area (Å²) >= 11 is 1.12. The molecule has 6 nitrogen and oxygen atoms in total. The number of thiazole rings is 1. The first kappa shape index (κ1) is 16.0. The minimum absolute atomic E-state index is 0.0525. The second-order valence-electron chi connectivity index (χ2n) is 5.81. The van der Waals surface area contributed by atoms with Crippen LogP contribution in [0.3, 0.4) is 0 Å². The van der Waals surface area contributed by atoms with Crippen LogP contribution < -0.4 is 10.2 Å². The third kappa shape index (κ3) is 3.73. The van der Waals surface area contributed by atoms with Crippen molar-refractivity contribution in [1.29, 1.82) is 0 Å². The lowest BCUT2D eigenvalue weighted by Gasteiger charge is -2.26. The van der Waals surface area contributed by atoms with Gasteiger partial charge in [-0.15, -0.1) is 0 Å². The van der Waals surface area contributed by atoms with Crippen LogP contribution in [0.2, 0.25) is 0 Å². The summed E-state index contributed by atoms with van der Waals surface area (Å²) in [5, 5.41) is 4.71. The Morgan fingerprint density at radius 1 is 1.43 bits per heavy atom. The summed E-state index contributed by atoms with van der Waals surface area (Å²) in [5.74, 6) is 0.723. The molecule has 23 heavy (non-hydrogen) atoms. The number of hydrogen-bond donors (Lipinski definition) is 1. The number of carbonyl (C=O) groups is 1. The molecule has 2 aromatic heterocycles. The van der Waals surface area contributed by atoms with Crippen molar-refractivity contribution < 1.29 is 9.21 Å². The number of nitrogens with one attached hydrogen (secondary N) is 1. The molecule has 0 saturated carbocycles. The third-order valence-corrected chi connectivity index (χ3v) is 5.10. The van der Waals surface area contributed by atoms with Crippen LogP contribution in [0.1, 0.15) is 30.3 Å². The van der Waals surface area contributed by atoms with Gasteiger partial charge in [0.15, 0.2) is 0 Å². The Hall–Kier alpha value is -1.86. The highest BCUT2D eigenvalue weighted by Gasteiger charge is 2.26. The Morgan fingerprint density at radius 2 is 2.22 bits per heavy atom. The van der Waals surface area contributed by atoms with E-state index >= 15 is 0 Å². The number of nitrogens with zero attached hydrogens (tertiary/aromatic N) is 2. The fourth-order valence-electron chi connectivity index (χ4n) is 2.95. The van der Waals surface area contributed by atoms with Gasteiger partial charge in [-0.05, 0) is 45.0 Å². The van der Waals surface area contributed by atoms with Crippen LogP contribution in [0.4, 0.5) is 0 Å². The molecule has 1 amide bonds. The van der Waals surface area contributed by atoms with Crippen molar-refractivity contribution in [3.05, 3.63) is 44.9 Å². The molecule has 0 aliphatic carbocycles. The maximum absolute atomic E-state index is 12.2. The van der Waals surface area contributed by atoms with Gasteiger partial charge >= 0.3 is 4.87 Å². The predicted octanol–water partition coefficient (Wildman–Crippen LogP) is 1.76. The Morgan fingerprint density at radius 3 is 2.83 bits per heavy atom. The molecule has 1 atom stereocenters. The van der Waals surface area contributed by atoms with E-state index in [-0.39, 0.29) is 23.4 Å². The van der Waals surface area contributed by atoms with E-state index in [2.05, 4.69) is 10.2 Å². The number of rotatable bonds is 6. The molecule has 0 aromatic carbocycles. The van der Waals surface area contributed by atoms with Gasteiger partial charge in [0.05, 0.1) is 12.3 Å². The lowest BCUT2D eigenvalue weighted by atomic mass is 10.2. The fraction of sp³-hybridized carbons (Fsp3) is 0.500. The molecule has 1 saturated heterocycles. The van der Waals surface area contributed by atoms with Crippen LogP contribution in [0, 0.1) is 6.92 Å². The zero-order chi connectivity index (χ0) is 16.2. The van der Waals surface area contributed by atoms with E-state index in [9.17, 15) is 9.59 Å². The molecule has 7 heteroatoms. The molecule has 0 unspecified atom stereocenters. The summed E-state index contributed by atoms with van der Waals surface area (Å²) in [6.07, 6.45) is 4.01. The molecular weight excluding hydrogens is 314 g/mol. The molecule has 0 bridgehead atoms. The van der Waals surface area contributed by atoms with E-state index in [0.29, 0.717) is 6.54 Å². The van der Waals surface area contributed by atoms with Crippen molar-refractivity contribution in [2.75, 3.05) is 19.6 Å². The quantitative estimate of drug-likeness (QED) is 0.873. The van der Waals surface area contributed by atoms with Gasteiger partial charge in [-0.2, -0.15) is 0 Å². The van der Waals surface area contributed by atoms with Gasteiger partial charge in [0.1, 0.15) is 12.3 Å². The zero-order valence-electron chi connectivity index (χ0n) is 13.2. The van der Waals surface area contributed by atoms with E-state index in [4.69, 9.17) is 4.42 Å². The third-order valence-electron chi connectivity index (χ3n) is 4.22. The molecule has 3 rings (SSSR count). The molecule has 1 aliphatic rings. The highest BCUT2D eigenvalue weighted by Crippen LogP contribution is 2.24. The molecule has 1 aliphatic heterocycles. The normalized spacial score (nSPS) is 16.6. The molecule has 2 aromatic rings. The predicted molar refractivity (Wildman–Crippen MR) is 88.6 cm³/mol. The second kappa shape index (κ2) is 7.14. The van der Waals surface area contributed by atoms with Gasteiger partial charge < -0.3 is 9.73 Å². The molecule has 0 spiro atoms. The van der Waals surface area contributed by atoms with E-state index in [1.807, 2.05) is 19.1 Å². The average molecular weight is 335 g/mol. The first-order chi connectivity index (χ1) is 11.1. The summed E-state index contributed by atoms with van der Waals surface area (Å²) in [6, 6.07) is 3.87. The standard InChI is InChI=1S/C16H21N3O3S/c1-12-11-23-16(21)19(12)10-15(20)17-9-13(14-5-4-8-22-14)18-6-2-3-7-18/h4-5,8,11,13H,2-3,6-7,9-10H2,1H3,(H,17,20)/t13-/m0/s1. The van der Waals surface area contributed by atoms with Gasteiger partial charge in [0.2, 0.25) is 5.91 Å². The number of amides is 1. The zero-order valence-corrected chi connectivity index (χ0v) is 14.0. The monoisotopic (exact) mass is 335 g/mol. The van der Waals surface area contributed by atoms with E-state index in [1.165, 1.54) is 17.4 Å². The van der Waals surface area contributed by atoms with Gasteiger partial charge in [-0.1, -0.05) is 11.3 Å². The van der Waals surface area contributed by atoms with Crippen LogP contribution in [-0.4, -0.2) is 35.0 Å². The fourth-order valence-corrected chi connectivity index (χ4v) is 3.68. The first-order valence-corrected chi connectivity index (χ1v) is 8.72. The topological polar surface area (TPSA) is 67.5 Å². The van der Waals surface area contributed by atoms with E-state index < -0.39 is 0 Å². The number of furan rings is 1. The molecule has 1 fully saturated rings. The number of hydrogen-bond acceptors (Lipinski definition) is 5. The minimum Gasteiger partial charge on any atom is -0.468 e. The average Bonchev–Trinajstić information content (AvgIpc) is 3.27. The smallest absolute Gasteiger partial charge is 0.307 e. The summed E-state index contributed by atoms with van der Waals surface area (Å²) in [6.45, 7) is 4.43. The highest BCUT2D eigenvalue weighted by molar-refractivity contribution is 7.07. The molecular formula is C16H21N3O3S. The lowest BCUT2D eigenvalue weighted by molar-refractivity contribution is -0.122. The van der Waals surface area contributed by atoms with Crippen molar-refractivity contribution >= 4 is 17.2 Å². The summed E-state index contributed by atoms with van der Waals surface area (Å²) < 4.78 is 7.04. The molecule has 1 N–H and O–H groups in total. The van der Waals surface area contributed by atoms with Crippen molar-refractivity contribution in [3.8, 4) is 0 Å². The lowest BCUT2D eigenvalue weighted by Crippen LogP contribution is -2.38. The SMILES string of the molecule is Cc1csc(=O)n1CC(=O)NC[C@@H](c1ccco1)N1CCCC1. The molecule has 3 heterocycles. The van der Waals surface area contributed by atoms with Crippen molar-refractivity contribution in [2.45, 2.75) is 32.4 Å². The largest absolute Gasteiger partial charge is 0.468 e. The number of carbonyl (C=O) groups excluding carboxylic acids is 1. The van der Waals surface area contributed by atoms with E-state index in [1.54, 1.807) is 11.6 Å². The van der Waals surface area contributed by atoms with E-state index in [0.717, 1.165) is 35.9 Å². The van der Waals surface area contributed by atoms with Crippen molar-refractivity contribution in [3.63, 3.8) is 0 Å².